The van der Waals surface area contributed by atoms with E-state index in [1.807, 2.05) is 30.3 Å². The van der Waals surface area contributed by atoms with Crippen molar-refractivity contribution in [1.29, 1.82) is 0 Å². The van der Waals surface area contributed by atoms with Crippen LogP contribution in [0.25, 0.3) is 11.1 Å². The van der Waals surface area contributed by atoms with Crippen LogP contribution in [0.3, 0.4) is 0 Å². The van der Waals surface area contributed by atoms with Gasteiger partial charge in [0.05, 0.1) is 15.7 Å². The van der Waals surface area contributed by atoms with E-state index in [0.29, 0.717) is 0 Å². The molecule has 18 heavy (non-hydrogen) atoms. The third-order valence-corrected chi connectivity index (χ3v) is 4.97. The fourth-order valence-corrected chi connectivity index (χ4v) is 3.19. The van der Waals surface area contributed by atoms with E-state index in [1.165, 1.54) is 0 Å². The van der Waals surface area contributed by atoms with Crippen LogP contribution in [0.1, 0.15) is 6.92 Å². The first kappa shape index (κ1) is 13.1. The summed E-state index contributed by atoms with van der Waals surface area (Å²) in [5, 5.41) is 0.276. The highest BCUT2D eigenvalue weighted by molar-refractivity contribution is 7.91. The van der Waals surface area contributed by atoms with Crippen molar-refractivity contribution in [3.8, 4) is 11.1 Å². The van der Waals surface area contributed by atoms with Gasteiger partial charge in [-0.25, -0.2) is 8.42 Å². The highest BCUT2D eigenvalue weighted by Crippen LogP contribution is 2.28. The molecule has 0 fully saturated rings. The first-order valence-corrected chi connectivity index (χ1v) is 7.65. The Morgan fingerprint density at radius 3 is 2.22 bits per heavy atom. The molecule has 0 bridgehead atoms. The molecule has 0 saturated heterocycles. The average Bonchev–Trinajstić information content (AvgIpc) is 2.39. The molecule has 0 radical (unpaired) electrons. The minimum atomic E-state index is -3.26. The van der Waals surface area contributed by atoms with Crippen molar-refractivity contribution in [3.63, 3.8) is 0 Å². The first-order chi connectivity index (χ1) is 8.54. The quantitative estimate of drug-likeness (QED) is 0.857. The Morgan fingerprint density at radius 2 is 1.67 bits per heavy atom. The summed E-state index contributed by atoms with van der Waals surface area (Å²) < 4.78 is 23.6. The molecule has 0 aliphatic rings. The van der Waals surface area contributed by atoms with E-state index in [9.17, 15) is 8.42 Å². The van der Waals surface area contributed by atoms with Gasteiger partial charge in [0.15, 0.2) is 9.84 Å². The Hall–Kier alpha value is -1.32. The molecule has 0 aromatic heterocycles. The fraction of sp³-hybridized carbons (Fsp3) is 0.143. The molecule has 0 aliphatic carbocycles. The van der Waals surface area contributed by atoms with Gasteiger partial charge >= 0.3 is 0 Å². The van der Waals surface area contributed by atoms with Crippen LogP contribution in [0.4, 0.5) is 0 Å². The minimum absolute atomic E-state index is 0.0530. The van der Waals surface area contributed by atoms with Crippen molar-refractivity contribution in [2.75, 3.05) is 5.75 Å². The van der Waals surface area contributed by atoms with Crippen molar-refractivity contribution in [3.05, 3.63) is 53.6 Å². The number of halogens is 1. The van der Waals surface area contributed by atoms with Gasteiger partial charge in [0.2, 0.25) is 0 Å². The lowest BCUT2D eigenvalue weighted by Crippen LogP contribution is -2.04. The molecule has 2 aromatic carbocycles. The maximum Gasteiger partial charge on any atom is 0.179 e. The molecular formula is C14H13ClO2S. The molecule has 0 aliphatic heterocycles. The van der Waals surface area contributed by atoms with Crippen LogP contribution in [0.5, 0.6) is 0 Å². The van der Waals surface area contributed by atoms with Gasteiger partial charge in [-0.05, 0) is 23.3 Å². The zero-order chi connectivity index (χ0) is 13.2. The topological polar surface area (TPSA) is 34.1 Å². The van der Waals surface area contributed by atoms with Crippen LogP contribution in [0.15, 0.2) is 53.4 Å². The Kier molecular flexibility index (Phi) is 3.73. The third-order valence-electron chi connectivity index (χ3n) is 2.75. The van der Waals surface area contributed by atoms with Crippen LogP contribution in [0.2, 0.25) is 5.02 Å². The molecule has 2 rings (SSSR count). The second-order valence-corrected chi connectivity index (χ2v) is 6.57. The standard InChI is InChI=1S/C14H13ClO2S/c1-2-18(16,17)14-9-8-12(10-13(14)15)11-6-4-3-5-7-11/h3-10H,2H2,1H3. The number of rotatable bonds is 3. The number of benzene rings is 2. The van der Waals surface area contributed by atoms with E-state index >= 15 is 0 Å². The van der Waals surface area contributed by atoms with Gasteiger partial charge in [-0.1, -0.05) is 54.9 Å². The van der Waals surface area contributed by atoms with Crippen molar-refractivity contribution in [2.45, 2.75) is 11.8 Å². The predicted octanol–water partition coefficient (Wildman–Crippen LogP) is 3.80. The maximum atomic E-state index is 11.8. The molecule has 0 saturated carbocycles. The monoisotopic (exact) mass is 280 g/mol. The van der Waals surface area contributed by atoms with Gasteiger partial charge in [-0.2, -0.15) is 0 Å². The number of hydrogen-bond donors (Lipinski definition) is 0. The Bertz CT molecular complexity index is 649. The van der Waals surface area contributed by atoms with Crippen LogP contribution >= 0.6 is 11.6 Å². The summed E-state index contributed by atoms with van der Waals surface area (Å²) in [6.45, 7) is 1.61. The number of sulfone groups is 1. The minimum Gasteiger partial charge on any atom is -0.224 e. The smallest absolute Gasteiger partial charge is 0.179 e. The van der Waals surface area contributed by atoms with E-state index in [1.54, 1.807) is 25.1 Å². The number of hydrogen-bond acceptors (Lipinski definition) is 2. The molecule has 0 spiro atoms. The van der Waals surface area contributed by atoms with E-state index < -0.39 is 9.84 Å². The SMILES string of the molecule is CCS(=O)(=O)c1ccc(-c2ccccc2)cc1Cl. The lowest BCUT2D eigenvalue weighted by molar-refractivity contribution is 0.597. The molecule has 0 amide bonds. The van der Waals surface area contributed by atoms with Gasteiger partial charge in [-0.3, -0.25) is 0 Å². The highest BCUT2D eigenvalue weighted by Gasteiger charge is 2.16. The molecule has 0 N–H and O–H groups in total. The molecule has 2 aromatic rings. The zero-order valence-electron chi connectivity index (χ0n) is 9.93. The predicted molar refractivity (Wildman–Crippen MR) is 74.6 cm³/mol. The van der Waals surface area contributed by atoms with Gasteiger partial charge in [0.1, 0.15) is 0 Å². The van der Waals surface area contributed by atoms with Crippen LogP contribution in [-0.4, -0.2) is 14.2 Å². The van der Waals surface area contributed by atoms with E-state index in [2.05, 4.69) is 0 Å². The Morgan fingerprint density at radius 1 is 1.00 bits per heavy atom. The Balaban J connectivity index is 2.50. The average molecular weight is 281 g/mol. The lowest BCUT2D eigenvalue weighted by atomic mass is 10.1. The molecule has 94 valence electrons. The lowest BCUT2D eigenvalue weighted by Gasteiger charge is -2.07. The van der Waals surface area contributed by atoms with Gasteiger partial charge < -0.3 is 0 Å². The summed E-state index contributed by atoms with van der Waals surface area (Å²) in [6.07, 6.45) is 0. The van der Waals surface area contributed by atoms with E-state index in [4.69, 9.17) is 11.6 Å². The van der Waals surface area contributed by atoms with Crippen LogP contribution in [-0.2, 0) is 9.84 Å². The molecule has 2 nitrogen and oxygen atoms in total. The summed E-state index contributed by atoms with van der Waals surface area (Å²) in [5.41, 5.74) is 1.93. The summed E-state index contributed by atoms with van der Waals surface area (Å²) in [7, 11) is -3.26. The third kappa shape index (κ3) is 2.57. The molecule has 0 heterocycles. The van der Waals surface area contributed by atoms with Gasteiger partial charge in [0.25, 0.3) is 0 Å². The van der Waals surface area contributed by atoms with Crippen molar-refractivity contribution < 1.29 is 8.42 Å². The van der Waals surface area contributed by atoms with Gasteiger partial charge in [-0.15, -0.1) is 0 Å². The van der Waals surface area contributed by atoms with E-state index in [-0.39, 0.29) is 15.7 Å². The van der Waals surface area contributed by atoms with E-state index in [0.717, 1.165) is 11.1 Å². The second kappa shape index (κ2) is 5.12. The van der Waals surface area contributed by atoms with Crippen molar-refractivity contribution >= 4 is 21.4 Å². The first-order valence-electron chi connectivity index (χ1n) is 5.62. The molecule has 4 heteroatoms. The molecular weight excluding hydrogens is 268 g/mol. The van der Waals surface area contributed by atoms with Gasteiger partial charge in [0, 0.05) is 0 Å². The Labute approximate surface area is 112 Å². The van der Waals surface area contributed by atoms with Crippen LogP contribution in [0, 0.1) is 0 Å². The normalized spacial score (nSPS) is 11.4. The summed E-state index contributed by atoms with van der Waals surface area (Å²) in [5.74, 6) is 0.0530. The molecule has 0 atom stereocenters. The molecule has 0 unspecified atom stereocenters. The summed E-state index contributed by atoms with van der Waals surface area (Å²) in [4.78, 5) is 0.200. The van der Waals surface area contributed by atoms with Crippen molar-refractivity contribution in [2.24, 2.45) is 0 Å². The summed E-state index contributed by atoms with van der Waals surface area (Å²) >= 11 is 6.06. The maximum absolute atomic E-state index is 11.8. The van der Waals surface area contributed by atoms with Crippen molar-refractivity contribution in [1.82, 2.24) is 0 Å². The second-order valence-electron chi connectivity index (χ2n) is 3.91. The zero-order valence-corrected chi connectivity index (χ0v) is 11.5. The summed E-state index contributed by atoms with van der Waals surface area (Å²) in [6, 6.07) is 14.8. The fourth-order valence-electron chi connectivity index (χ4n) is 1.72. The highest BCUT2D eigenvalue weighted by atomic mass is 35.5. The van der Waals surface area contributed by atoms with Crippen LogP contribution < -0.4 is 0 Å². The largest absolute Gasteiger partial charge is 0.224 e.